The van der Waals surface area contributed by atoms with Gasteiger partial charge >= 0.3 is 0 Å². The first-order valence-electron chi connectivity index (χ1n) is 9.82. The Hall–Kier alpha value is -1.95. The number of ether oxygens (including phenoxy) is 2. The minimum absolute atomic E-state index is 0.00580. The molecule has 0 amide bonds. The first kappa shape index (κ1) is 22.7. The van der Waals surface area contributed by atoms with E-state index in [0.717, 1.165) is 16.9 Å². The van der Waals surface area contributed by atoms with Crippen molar-refractivity contribution in [3.8, 4) is 5.75 Å². The van der Waals surface area contributed by atoms with Gasteiger partial charge in [-0.2, -0.15) is 21.9 Å². The summed E-state index contributed by atoms with van der Waals surface area (Å²) in [6.45, 7) is 6.61. The number of sulfonamides is 1. The van der Waals surface area contributed by atoms with Crippen LogP contribution in [-0.4, -0.2) is 63.2 Å². The zero-order chi connectivity index (χ0) is 21.9. The Morgan fingerprint density at radius 2 is 1.67 bits per heavy atom. The lowest BCUT2D eigenvalue weighted by Crippen LogP contribution is -2.41. The van der Waals surface area contributed by atoms with Crippen LogP contribution in [0.5, 0.6) is 5.75 Å². The zero-order valence-corrected chi connectivity index (χ0v) is 19.0. The Bertz CT molecular complexity index is 1090. The van der Waals surface area contributed by atoms with Crippen LogP contribution in [0.25, 0.3) is 0 Å². The molecule has 3 rings (SSSR count). The fourth-order valence-corrected chi connectivity index (χ4v) is 6.45. The molecule has 0 aliphatic carbocycles. The van der Waals surface area contributed by atoms with Crippen molar-refractivity contribution in [1.82, 2.24) is 13.5 Å². The van der Waals surface area contributed by atoms with Crippen LogP contribution >= 0.6 is 0 Å². The Balaban J connectivity index is 1.93. The van der Waals surface area contributed by atoms with Crippen LogP contribution in [0.4, 0.5) is 0 Å². The van der Waals surface area contributed by atoms with Crippen molar-refractivity contribution in [2.45, 2.75) is 43.4 Å². The van der Waals surface area contributed by atoms with Crippen LogP contribution in [0, 0.1) is 13.8 Å². The first-order chi connectivity index (χ1) is 14.2. The summed E-state index contributed by atoms with van der Waals surface area (Å²) < 4.78 is 65.3. The van der Waals surface area contributed by atoms with Crippen LogP contribution in [0.3, 0.4) is 0 Å². The summed E-state index contributed by atoms with van der Waals surface area (Å²) in [5.74, 6) is 0.575. The van der Waals surface area contributed by atoms with Crippen LogP contribution < -0.4 is 4.74 Å². The number of morpholine rings is 1. The van der Waals surface area contributed by atoms with Gasteiger partial charge < -0.3 is 9.47 Å². The minimum atomic E-state index is -4.06. The molecule has 0 spiro atoms. The number of benzene rings is 1. The molecule has 30 heavy (non-hydrogen) atoms. The molecule has 11 heteroatoms. The molecule has 0 N–H and O–H groups in total. The third kappa shape index (κ3) is 4.39. The highest BCUT2D eigenvalue weighted by Crippen LogP contribution is 2.27. The number of aromatic nitrogens is 2. The highest BCUT2D eigenvalue weighted by Gasteiger charge is 2.34. The van der Waals surface area contributed by atoms with E-state index in [1.54, 1.807) is 12.1 Å². The van der Waals surface area contributed by atoms with Crippen molar-refractivity contribution in [2.75, 3.05) is 32.9 Å². The van der Waals surface area contributed by atoms with E-state index in [-0.39, 0.29) is 34.3 Å². The fraction of sp³-hybridized carbons (Fsp3) is 0.526. The van der Waals surface area contributed by atoms with E-state index in [0.29, 0.717) is 25.6 Å². The van der Waals surface area contributed by atoms with E-state index >= 15 is 0 Å². The van der Waals surface area contributed by atoms with Crippen LogP contribution in [0.2, 0.25) is 0 Å². The molecule has 166 valence electrons. The van der Waals surface area contributed by atoms with Crippen molar-refractivity contribution >= 4 is 20.0 Å². The molecule has 1 aromatic carbocycles. The summed E-state index contributed by atoms with van der Waals surface area (Å²) in [6.07, 6.45) is 1.91. The van der Waals surface area contributed by atoms with Crippen molar-refractivity contribution in [2.24, 2.45) is 0 Å². The Kier molecular flexibility index (Phi) is 6.85. The molecule has 2 heterocycles. The molecule has 0 saturated carbocycles. The van der Waals surface area contributed by atoms with Crippen LogP contribution in [-0.2, 0) is 24.8 Å². The van der Waals surface area contributed by atoms with E-state index < -0.39 is 20.0 Å². The molecule has 1 aromatic heterocycles. The van der Waals surface area contributed by atoms with Crippen molar-refractivity contribution < 1.29 is 26.3 Å². The number of aryl methyl sites for hydroxylation is 1. The standard InChI is InChI=1S/C19H27N3O6S2/c1-4-5-12-28-17-6-8-18(9-7-17)29(23,24)22-16(3)19(15(2)20-22)30(25,26)21-10-13-27-14-11-21/h6-9H,4-5,10-14H2,1-3H3. The van der Waals surface area contributed by atoms with Gasteiger partial charge in [-0.25, -0.2) is 8.42 Å². The summed E-state index contributed by atoms with van der Waals surface area (Å²) in [6, 6.07) is 6.03. The molecular formula is C19H27N3O6S2. The lowest BCUT2D eigenvalue weighted by atomic mass is 10.3. The molecule has 0 radical (unpaired) electrons. The summed E-state index contributed by atoms with van der Waals surface area (Å²) in [5.41, 5.74) is 0.198. The number of hydrogen-bond acceptors (Lipinski definition) is 7. The Morgan fingerprint density at radius 3 is 2.27 bits per heavy atom. The van der Waals surface area contributed by atoms with Crippen molar-refractivity contribution in [3.63, 3.8) is 0 Å². The second-order valence-corrected chi connectivity index (χ2v) is 10.7. The lowest BCUT2D eigenvalue weighted by molar-refractivity contribution is 0.0730. The molecule has 2 aromatic rings. The van der Waals surface area contributed by atoms with Gasteiger partial charge in [-0.1, -0.05) is 13.3 Å². The molecule has 1 aliphatic heterocycles. The average molecular weight is 458 g/mol. The third-order valence-corrected chi connectivity index (χ3v) is 8.70. The van der Waals surface area contributed by atoms with E-state index in [2.05, 4.69) is 12.0 Å². The van der Waals surface area contributed by atoms with Gasteiger partial charge in [0.15, 0.2) is 0 Å². The molecule has 1 fully saturated rings. The Labute approximate surface area is 177 Å². The number of rotatable bonds is 8. The van der Waals surface area contributed by atoms with Crippen molar-refractivity contribution in [1.29, 1.82) is 0 Å². The Morgan fingerprint density at radius 1 is 1.03 bits per heavy atom. The minimum Gasteiger partial charge on any atom is -0.494 e. The van der Waals surface area contributed by atoms with Gasteiger partial charge in [0.05, 0.1) is 36.1 Å². The van der Waals surface area contributed by atoms with Gasteiger partial charge in [-0.3, -0.25) is 0 Å². The SMILES string of the molecule is CCCCOc1ccc(S(=O)(=O)n2nc(C)c(S(=O)(=O)N3CCOCC3)c2C)cc1. The molecule has 0 bridgehead atoms. The van der Waals surface area contributed by atoms with Gasteiger partial charge in [0.2, 0.25) is 10.0 Å². The van der Waals surface area contributed by atoms with E-state index in [9.17, 15) is 16.8 Å². The summed E-state index contributed by atoms with van der Waals surface area (Å²) in [5, 5.41) is 4.06. The smallest absolute Gasteiger partial charge is 0.283 e. The molecular weight excluding hydrogens is 430 g/mol. The molecule has 9 nitrogen and oxygen atoms in total. The van der Waals surface area contributed by atoms with Gasteiger partial charge in [0, 0.05) is 13.1 Å². The predicted molar refractivity (Wildman–Crippen MR) is 111 cm³/mol. The number of unbranched alkanes of at least 4 members (excludes halogenated alkanes) is 1. The molecule has 1 aliphatic rings. The monoisotopic (exact) mass is 457 g/mol. The summed E-state index contributed by atoms with van der Waals surface area (Å²) in [7, 11) is -7.94. The third-order valence-electron chi connectivity index (χ3n) is 4.87. The predicted octanol–water partition coefficient (Wildman–Crippen LogP) is 1.94. The van der Waals surface area contributed by atoms with Crippen molar-refractivity contribution in [3.05, 3.63) is 35.7 Å². The van der Waals surface area contributed by atoms with Gasteiger partial charge in [0.25, 0.3) is 10.0 Å². The molecule has 0 unspecified atom stereocenters. The zero-order valence-electron chi connectivity index (χ0n) is 17.4. The van der Waals surface area contributed by atoms with E-state index in [4.69, 9.17) is 9.47 Å². The quantitative estimate of drug-likeness (QED) is 0.558. The lowest BCUT2D eigenvalue weighted by Gasteiger charge is -2.26. The second-order valence-electron chi connectivity index (χ2n) is 7.04. The average Bonchev–Trinajstić information content (AvgIpc) is 3.04. The van der Waals surface area contributed by atoms with E-state index in [1.165, 1.54) is 30.3 Å². The summed E-state index contributed by atoms with van der Waals surface area (Å²) >= 11 is 0. The maximum absolute atomic E-state index is 13.1. The van der Waals surface area contributed by atoms with Gasteiger partial charge in [-0.05, 0) is 44.5 Å². The second kappa shape index (κ2) is 9.04. The topological polar surface area (TPSA) is 108 Å². The number of nitrogens with zero attached hydrogens (tertiary/aromatic N) is 3. The normalized spacial score (nSPS) is 16.0. The van der Waals surface area contributed by atoms with E-state index in [1.807, 2.05) is 0 Å². The maximum atomic E-state index is 13.1. The van der Waals surface area contributed by atoms with Crippen LogP contribution in [0.15, 0.2) is 34.1 Å². The molecule has 1 saturated heterocycles. The largest absolute Gasteiger partial charge is 0.494 e. The number of hydrogen-bond donors (Lipinski definition) is 0. The highest BCUT2D eigenvalue weighted by atomic mass is 32.2. The fourth-order valence-electron chi connectivity index (χ4n) is 3.27. The van der Waals surface area contributed by atoms with Gasteiger partial charge in [-0.15, -0.1) is 0 Å². The molecule has 0 atom stereocenters. The van der Waals surface area contributed by atoms with Crippen LogP contribution in [0.1, 0.15) is 31.2 Å². The first-order valence-corrected chi connectivity index (χ1v) is 12.7. The van der Waals surface area contributed by atoms with Gasteiger partial charge in [0.1, 0.15) is 10.6 Å². The highest BCUT2D eigenvalue weighted by molar-refractivity contribution is 7.90. The summed E-state index contributed by atoms with van der Waals surface area (Å²) in [4.78, 5) is -0.0706. The maximum Gasteiger partial charge on any atom is 0.283 e.